The van der Waals surface area contributed by atoms with E-state index in [1.807, 2.05) is 0 Å². The third kappa shape index (κ3) is 7.27. The molecule has 0 fully saturated rings. The van der Waals surface area contributed by atoms with Crippen molar-refractivity contribution in [3.63, 3.8) is 0 Å². The number of rotatable bonds is 11. The van der Waals surface area contributed by atoms with E-state index in [1.165, 1.54) is 0 Å². The summed E-state index contributed by atoms with van der Waals surface area (Å²) < 4.78 is 6.86. The maximum Gasteiger partial charge on any atom is 0.132 e. The van der Waals surface area contributed by atoms with Crippen molar-refractivity contribution >= 4 is 51.2 Å². The minimum atomic E-state index is -0.836. The molecule has 0 bridgehead atoms. The highest BCUT2D eigenvalue weighted by atomic mass is 16.5. The van der Waals surface area contributed by atoms with Gasteiger partial charge in [-0.25, -0.2) is 0 Å². The van der Waals surface area contributed by atoms with Gasteiger partial charge in [0.05, 0.1) is 5.41 Å². The van der Waals surface area contributed by atoms with Crippen LogP contribution in [-0.4, -0.2) is 0 Å². The van der Waals surface area contributed by atoms with E-state index in [0.717, 1.165) is 84.9 Å². The summed E-state index contributed by atoms with van der Waals surface area (Å²) in [6, 6.07) is 97.2. The second-order valence-corrected chi connectivity index (χ2v) is 16.1. The Labute approximate surface area is 381 Å². The van der Waals surface area contributed by atoms with Crippen molar-refractivity contribution < 1.29 is 4.74 Å². The Balaban J connectivity index is 1.23. The summed E-state index contributed by atoms with van der Waals surface area (Å²) in [5.74, 6) is 1.65. The van der Waals surface area contributed by atoms with Gasteiger partial charge in [-0.05, 0) is 126 Å². The number of hydrogen-bond donors (Lipinski definition) is 0. The van der Waals surface area contributed by atoms with Gasteiger partial charge in [0.2, 0.25) is 0 Å². The number of nitrogens with zero attached hydrogens (tertiary/aromatic N) is 3. The van der Waals surface area contributed by atoms with Gasteiger partial charge in [0, 0.05) is 62.3 Å². The fourth-order valence-corrected chi connectivity index (χ4v) is 9.52. The van der Waals surface area contributed by atoms with Gasteiger partial charge in [0.25, 0.3) is 0 Å². The summed E-state index contributed by atoms with van der Waals surface area (Å²) >= 11 is 0. The third-order valence-electron chi connectivity index (χ3n) is 12.3. The molecular weight excluding hydrogens is 791 g/mol. The quantitative estimate of drug-likeness (QED) is 0.129. The molecule has 0 saturated heterocycles. The van der Waals surface area contributed by atoms with Gasteiger partial charge in [-0.2, -0.15) is 0 Å². The maximum absolute atomic E-state index is 6.86. The molecule has 65 heavy (non-hydrogen) atoms. The molecule has 1 aliphatic heterocycles. The first-order chi connectivity index (χ1) is 32.3. The molecule has 11 rings (SSSR count). The van der Waals surface area contributed by atoms with E-state index in [9.17, 15) is 0 Å². The van der Waals surface area contributed by atoms with Gasteiger partial charge in [-0.15, -0.1) is 0 Å². The lowest BCUT2D eigenvalue weighted by atomic mass is 9.63. The topological polar surface area (TPSA) is 19.0 Å². The SMILES string of the molecule is c1ccc(N(c2ccccc2)c2ccc(C3(c4cc(N(c5ccccc5)c5ccccc5)cc(N(c5ccccc5)c5ccccc5)c4)c4ccccc4Oc4ccccc43)cc2)cc1. The monoisotopic (exact) mass is 835 g/mol. The van der Waals surface area contributed by atoms with Crippen LogP contribution in [0.4, 0.5) is 51.2 Å². The van der Waals surface area contributed by atoms with Gasteiger partial charge >= 0.3 is 0 Å². The first kappa shape index (κ1) is 39.3. The first-order valence-electron chi connectivity index (χ1n) is 22.1. The number of para-hydroxylation sites is 8. The number of benzene rings is 10. The molecule has 1 heterocycles. The highest BCUT2D eigenvalue weighted by Gasteiger charge is 2.46. The highest BCUT2D eigenvalue weighted by Crippen LogP contribution is 2.57. The zero-order valence-corrected chi connectivity index (χ0v) is 35.7. The van der Waals surface area contributed by atoms with Crippen molar-refractivity contribution in [3.05, 3.63) is 295 Å². The molecule has 0 unspecified atom stereocenters. The van der Waals surface area contributed by atoms with E-state index in [4.69, 9.17) is 4.74 Å². The van der Waals surface area contributed by atoms with Crippen molar-refractivity contribution in [1.82, 2.24) is 0 Å². The van der Waals surface area contributed by atoms with Crippen LogP contribution >= 0.6 is 0 Å². The molecule has 4 nitrogen and oxygen atoms in total. The van der Waals surface area contributed by atoms with Crippen molar-refractivity contribution in [1.29, 1.82) is 0 Å². The van der Waals surface area contributed by atoms with Gasteiger partial charge < -0.3 is 19.4 Å². The van der Waals surface area contributed by atoms with Crippen molar-refractivity contribution in [2.75, 3.05) is 14.7 Å². The first-order valence-corrected chi connectivity index (χ1v) is 22.1. The molecule has 0 radical (unpaired) electrons. The number of hydrogen-bond acceptors (Lipinski definition) is 4. The van der Waals surface area contributed by atoms with E-state index < -0.39 is 5.41 Å². The predicted molar refractivity (Wildman–Crippen MR) is 269 cm³/mol. The van der Waals surface area contributed by atoms with E-state index in [0.29, 0.717) is 0 Å². The lowest BCUT2D eigenvalue weighted by Crippen LogP contribution is -2.34. The zero-order chi connectivity index (χ0) is 43.4. The minimum absolute atomic E-state index is 0.823. The molecule has 0 amide bonds. The normalized spacial score (nSPS) is 12.2. The van der Waals surface area contributed by atoms with Crippen LogP contribution in [0.25, 0.3) is 0 Å². The average Bonchev–Trinajstić information content (AvgIpc) is 3.38. The molecular formula is C61H45N3O. The van der Waals surface area contributed by atoms with Crippen LogP contribution in [0.5, 0.6) is 11.5 Å². The second kappa shape index (κ2) is 17.3. The fourth-order valence-electron chi connectivity index (χ4n) is 9.52. The van der Waals surface area contributed by atoms with Gasteiger partial charge in [0.1, 0.15) is 11.5 Å². The lowest BCUT2D eigenvalue weighted by Gasteiger charge is -2.42. The number of fused-ring (bicyclic) bond motifs is 2. The molecule has 0 aromatic heterocycles. The summed E-state index contributed by atoms with van der Waals surface area (Å²) in [6.07, 6.45) is 0. The highest BCUT2D eigenvalue weighted by molar-refractivity contribution is 5.86. The summed E-state index contributed by atoms with van der Waals surface area (Å²) in [6.45, 7) is 0. The molecule has 0 aliphatic carbocycles. The summed E-state index contributed by atoms with van der Waals surface area (Å²) in [5.41, 5.74) is 13.0. The Hall–Kier alpha value is -8.60. The molecule has 0 atom stereocenters. The van der Waals surface area contributed by atoms with Crippen molar-refractivity contribution in [2.24, 2.45) is 0 Å². The van der Waals surface area contributed by atoms with E-state index in [-0.39, 0.29) is 0 Å². The van der Waals surface area contributed by atoms with Gasteiger partial charge in [0.15, 0.2) is 0 Å². The van der Waals surface area contributed by atoms with Crippen molar-refractivity contribution in [3.8, 4) is 11.5 Å². The predicted octanol–water partition coefficient (Wildman–Crippen LogP) is 16.6. The third-order valence-corrected chi connectivity index (χ3v) is 12.3. The largest absolute Gasteiger partial charge is 0.457 e. The molecule has 0 spiro atoms. The van der Waals surface area contributed by atoms with Crippen LogP contribution in [0, 0.1) is 0 Å². The van der Waals surface area contributed by atoms with Crippen LogP contribution in [0.1, 0.15) is 22.3 Å². The fraction of sp³-hybridized carbons (Fsp3) is 0.0164. The van der Waals surface area contributed by atoms with E-state index in [1.54, 1.807) is 0 Å². The van der Waals surface area contributed by atoms with Crippen molar-refractivity contribution in [2.45, 2.75) is 5.41 Å². The number of ether oxygens (including phenoxy) is 1. The summed E-state index contributed by atoms with van der Waals surface area (Å²) in [7, 11) is 0. The van der Waals surface area contributed by atoms with Crippen LogP contribution < -0.4 is 19.4 Å². The second-order valence-electron chi connectivity index (χ2n) is 16.1. The molecule has 1 aliphatic rings. The van der Waals surface area contributed by atoms with E-state index >= 15 is 0 Å². The Kier molecular flexibility index (Phi) is 10.4. The molecule has 10 aromatic rings. The van der Waals surface area contributed by atoms with Crippen LogP contribution in [0.15, 0.2) is 273 Å². The smallest absolute Gasteiger partial charge is 0.132 e. The maximum atomic E-state index is 6.86. The molecule has 0 N–H and O–H groups in total. The van der Waals surface area contributed by atoms with Crippen LogP contribution in [-0.2, 0) is 5.41 Å². The molecule has 0 saturated carbocycles. The molecule has 10 aromatic carbocycles. The Morgan fingerprint density at radius 3 is 0.846 bits per heavy atom. The van der Waals surface area contributed by atoms with Crippen LogP contribution in [0.2, 0.25) is 0 Å². The zero-order valence-electron chi connectivity index (χ0n) is 35.7. The average molecular weight is 836 g/mol. The van der Waals surface area contributed by atoms with Crippen LogP contribution in [0.3, 0.4) is 0 Å². The molecule has 310 valence electrons. The van der Waals surface area contributed by atoms with Gasteiger partial charge in [-0.1, -0.05) is 158 Å². The Morgan fingerprint density at radius 2 is 0.508 bits per heavy atom. The Bertz CT molecular complexity index is 2900. The van der Waals surface area contributed by atoms with E-state index in [2.05, 4.69) is 288 Å². The standard InChI is InChI=1S/C61H45N3O/c1-7-23-48(24-8-1)62(49-25-9-2-10-26-49)54-41-39-46(40-42-54)61(57-35-19-21-37-59(57)65-60-38-22-20-36-58(60)61)47-43-55(63(50-27-11-3-12-28-50)51-29-13-4-14-30-51)45-56(44-47)64(52-31-15-5-16-32-52)53-33-17-6-18-34-53/h1-45H. The lowest BCUT2D eigenvalue weighted by molar-refractivity contribution is 0.434. The van der Waals surface area contributed by atoms with Gasteiger partial charge in [-0.3, -0.25) is 0 Å². The minimum Gasteiger partial charge on any atom is -0.457 e. The number of anilines is 9. The molecule has 4 heteroatoms. The summed E-state index contributed by atoms with van der Waals surface area (Å²) in [4.78, 5) is 7.05. The summed E-state index contributed by atoms with van der Waals surface area (Å²) in [5, 5.41) is 0. The Morgan fingerprint density at radius 1 is 0.231 bits per heavy atom.